The number of piperazine rings is 1. The van der Waals surface area contributed by atoms with E-state index in [2.05, 4.69) is 4.90 Å². The first-order valence-electron chi connectivity index (χ1n) is 10.6. The standard InChI is InChI=1S/C21H29N3O4/c1-14-7-8-17(28-14)11-23-19(26)18-9-16(25)10-24(18)21(20(23)27)12-22(13-21)15-5-3-2-4-6-15/h7-8,15-16,18,25H,2-6,9-13H2,1H3. The molecular weight excluding hydrogens is 358 g/mol. The predicted octanol–water partition coefficient (Wildman–Crippen LogP) is 1.28. The highest BCUT2D eigenvalue weighted by Crippen LogP contribution is 2.43. The van der Waals surface area contributed by atoms with Crippen LogP contribution in [-0.2, 0) is 16.1 Å². The van der Waals surface area contributed by atoms with Crippen LogP contribution in [0.2, 0.25) is 0 Å². The van der Waals surface area contributed by atoms with Gasteiger partial charge in [-0.15, -0.1) is 0 Å². The number of nitrogens with zero attached hydrogens (tertiary/aromatic N) is 3. The number of aliphatic hydroxyl groups is 1. The van der Waals surface area contributed by atoms with Crippen molar-refractivity contribution in [1.82, 2.24) is 14.7 Å². The molecule has 2 unspecified atom stereocenters. The van der Waals surface area contributed by atoms with E-state index in [4.69, 9.17) is 4.42 Å². The van der Waals surface area contributed by atoms with Crippen molar-refractivity contribution in [1.29, 1.82) is 0 Å². The summed E-state index contributed by atoms with van der Waals surface area (Å²) in [7, 11) is 0. The van der Waals surface area contributed by atoms with Gasteiger partial charge >= 0.3 is 0 Å². The number of β-amino-alcohol motifs (C(OH)–C–C–N with tert-alkyl or cyclic N) is 1. The maximum atomic E-state index is 13.5. The van der Waals surface area contributed by atoms with Gasteiger partial charge in [-0.2, -0.15) is 0 Å². The summed E-state index contributed by atoms with van der Waals surface area (Å²) in [6.45, 7) is 3.78. The lowest BCUT2D eigenvalue weighted by atomic mass is 9.79. The summed E-state index contributed by atoms with van der Waals surface area (Å²) in [6.07, 6.45) is 6.08. The second-order valence-electron chi connectivity index (χ2n) is 9.03. The fraction of sp³-hybridized carbons (Fsp3) is 0.714. The van der Waals surface area contributed by atoms with Crippen molar-refractivity contribution in [2.24, 2.45) is 0 Å². The molecule has 2 amide bonds. The van der Waals surface area contributed by atoms with Crippen LogP contribution in [0.4, 0.5) is 0 Å². The van der Waals surface area contributed by atoms with E-state index in [1.165, 1.54) is 37.0 Å². The zero-order valence-electron chi connectivity index (χ0n) is 16.5. The molecule has 1 aromatic heterocycles. The first-order valence-corrected chi connectivity index (χ1v) is 10.6. The van der Waals surface area contributed by atoms with Gasteiger partial charge in [-0.25, -0.2) is 0 Å². The Morgan fingerprint density at radius 2 is 1.93 bits per heavy atom. The van der Waals surface area contributed by atoms with Gasteiger partial charge < -0.3 is 9.52 Å². The molecule has 0 aromatic carbocycles. The minimum atomic E-state index is -0.671. The number of rotatable bonds is 3. The summed E-state index contributed by atoms with van der Waals surface area (Å²) in [5.41, 5.74) is -0.671. The number of carbonyl (C=O) groups is 2. The molecule has 1 saturated carbocycles. The molecule has 4 aliphatic rings. The van der Waals surface area contributed by atoms with Gasteiger partial charge in [-0.1, -0.05) is 19.3 Å². The number of fused-ring (bicyclic) bond motifs is 2. The average Bonchev–Trinajstić information content (AvgIpc) is 3.24. The second-order valence-corrected chi connectivity index (χ2v) is 9.03. The molecular formula is C21H29N3O4. The lowest BCUT2D eigenvalue weighted by Gasteiger charge is -2.60. The largest absolute Gasteiger partial charge is 0.464 e. The number of hydrogen-bond acceptors (Lipinski definition) is 6. The van der Waals surface area contributed by atoms with E-state index in [0.717, 1.165) is 5.76 Å². The van der Waals surface area contributed by atoms with Crippen molar-refractivity contribution in [2.75, 3.05) is 19.6 Å². The minimum Gasteiger partial charge on any atom is -0.464 e. The number of amides is 2. The Morgan fingerprint density at radius 3 is 2.61 bits per heavy atom. The lowest BCUT2D eigenvalue weighted by Crippen LogP contribution is -2.82. The molecule has 5 rings (SSSR count). The molecule has 0 radical (unpaired) electrons. The first-order chi connectivity index (χ1) is 13.5. The SMILES string of the molecule is Cc1ccc(CN2C(=O)C3CC(O)CN3C3(CN(C4CCCCC4)C3)C2=O)o1. The quantitative estimate of drug-likeness (QED) is 0.788. The van der Waals surface area contributed by atoms with Gasteiger partial charge in [-0.05, 0) is 38.3 Å². The van der Waals surface area contributed by atoms with Crippen molar-refractivity contribution < 1.29 is 19.1 Å². The third-order valence-corrected chi connectivity index (χ3v) is 7.15. The highest BCUT2D eigenvalue weighted by atomic mass is 16.3. The Balaban J connectivity index is 1.40. The molecule has 4 fully saturated rings. The van der Waals surface area contributed by atoms with Crippen LogP contribution >= 0.6 is 0 Å². The zero-order valence-corrected chi connectivity index (χ0v) is 16.5. The van der Waals surface area contributed by atoms with Crippen molar-refractivity contribution in [3.05, 3.63) is 23.7 Å². The summed E-state index contributed by atoms with van der Waals surface area (Å²) in [5.74, 6) is 1.08. The number of hydrogen-bond donors (Lipinski definition) is 1. The summed E-state index contributed by atoms with van der Waals surface area (Å²) in [6, 6.07) is 3.83. The van der Waals surface area contributed by atoms with Gasteiger partial charge in [0.05, 0.1) is 18.7 Å². The van der Waals surface area contributed by atoms with Crippen LogP contribution < -0.4 is 0 Å². The van der Waals surface area contributed by atoms with Crippen molar-refractivity contribution in [2.45, 2.75) is 75.7 Å². The van der Waals surface area contributed by atoms with E-state index in [-0.39, 0.29) is 18.4 Å². The molecule has 7 nitrogen and oxygen atoms in total. The van der Waals surface area contributed by atoms with E-state index >= 15 is 0 Å². The smallest absolute Gasteiger partial charge is 0.252 e. The Labute approximate surface area is 165 Å². The molecule has 3 saturated heterocycles. The minimum absolute atomic E-state index is 0.121. The normalized spacial score (nSPS) is 31.4. The monoisotopic (exact) mass is 387 g/mol. The number of aryl methyl sites for hydroxylation is 1. The molecule has 0 bridgehead atoms. The van der Waals surface area contributed by atoms with Crippen molar-refractivity contribution in [3.63, 3.8) is 0 Å². The van der Waals surface area contributed by atoms with Crippen LogP contribution in [0.15, 0.2) is 16.5 Å². The molecule has 4 heterocycles. The van der Waals surface area contributed by atoms with Gasteiger partial charge in [-0.3, -0.25) is 24.3 Å². The van der Waals surface area contributed by atoms with Crippen LogP contribution in [0.1, 0.15) is 50.0 Å². The molecule has 1 aromatic rings. The number of aliphatic hydroxyl groups excluding tert-OH is 1. The third-order valence-electron chi connectivity index (χ3n) is 7.15. The van der Waals surface area contributed by atoms with Gasteiger partial charge in [0.25, 0.3) is 5.91 Å². The Kier molecular flexibility index (Phi) is 4.37. The van der Waals surface area contributed by atoms with Crippen molar-refractivity contribution in [3.8, 4) is 0 Å². The topological polar surface area (TPSA) is 77.2 Å². The Hall–Kier alpha value is -1.70. The molecule has 1 aliphatic carbocycles. The van der Waals surface area contributed by atoms with E-state index in [9.17, 15) is 14.7 Å². The number of carbonyl (C=O) groups excluding carboxylic acids is 2. The van der Waals surface area contributed by atoms with Crippen LogP contribution in [-0.4, -0.2) is 75.0 Å². The Bertz CT molecular complexity index is 778. The van der Waals surface area contributed by atoms with E-state index in [1.807, 2.05) is 24.0 Å². The molecule has 3 aliphatic heterocycles. The fourth-order valence-electron chi connectivity index (χ4n) is 5.70. The summed E-state index contributed by atoms with van der Waals surface area (Å²) in [4.78, 5) is 32.4. The van der Waals surface area contributed by atoms with E-state index in [1.54, 1.807) is 0 Å². The average molecular weight is 387 g/mol. The third kappa shape index (κ3) is 2.75. The predicted molar refractivity (Wildman–Crippen MR) is 101 cm³/mol. The lowest BCUT2D eigenvalue weighted by molar-refractivity contribution is -0.184. The molecule has 152 valence electrons. The first kappa shape index (κ1) is 18.3. The van der Waals surface area contributed by atoms with Gasteiger partial charge in [0.1, 0.15) is 17.1 Å². The molecule has 2 atom stereocenters. The number of furan rings is 1. The van der Waals surface area contributed by atoms with Crippen LogP contribution in [0.3, 0.4) is 0 Å². The summed E-state index contributed by atoms with van der Waals surface area (Å²) in [5, 5.41) is 10.3. The summed E-state index contributed by atoms with van der Waals surface area (Å²) >= 11 is 0. The van der Waals surface area contributed by atoms with E-state index < -0.39 is 17.7 Å². The van der Waals surface area contributed by atoms with Crippen LogP contribution in [0.25, 0.3) is 0 Å². The number of imide groups is 1. The second kappa shape index (κ2) is 6.68. The summed E-state index contributed by atoms with van der Waals surface area (Å²) < 4.78 is 5.63. The van der Waals surface area contributed by atoms with Crippen LogP contribution in [0, 0.1) is 6.92 Å². The zero-order chi connectivity index (χ0) is 19.5. The Morgan fingerprint density at radius 1 is 1.18 bits per heavy atom. The van der Waals surface area contributed by atoms with Crippen LogP contribution in [0.5, 0.6) is 0 Å². The molecule has 28 heavy (non-hydrogen) atoms. The molecule has 1 spiro atoms. The van der Waals surface area contributed by atoms with E-state index in [0.29, 0.717) is 37.9 Å². The van der Waals surface area contributed by atoms with Gasteiger partial charge in [0.15, 0.2) is 0 Å². The molecule has 7 heteroatoms. The van der Waals surface area contributed by atoms with Gasteiger partial charge in [0, 0.05) is 25.7 Å². The maximum absolute atomic E-state index is 13.5. The number of likely N-dealkylation sites (tertiary alicyclic amines) is 1. The fourth-order valence-corrected chi connectivity index (χ4v) is 5.70. The van der Waals surface area contributed by atoms with Gasteiger partial charge in [0.2, 0.25) is 5.91 Å². The molecule has 1 N–H and O–H groups in total. The maximum Gasteiger partial charge on any atom is 0.252 e. The highest BCUT2D eigenvalue weighted by molar-refractivity contribution is 6.06. The van der Waals surface area contributed by atoms with Crippen molar-refractivity contribution >= 4 is 11.8 Å². The highest BCUT2D eigenvalue weighted by Gasteiger charge is 2.64.